The van der Waals surface area contributed by atoms with Gasteiger partial charge in [0.15, 0.2) is 5.82 Å². The summed E-state index contributed by atoms with van der Waals surface area (Å²) in [7, 11) is 1.66. The number of hydrogen-bond donors (Lipinski definition) is 0. The highest BCUT2D eigenvalue weighted by Crippen LogP contribution is 2.03. The molecule has 0 saturated carbocycles. The predicted octanol–water partition coefficient (Wildman–Crippen LogP) is 1.00. The Balaban J connectivity index is 2.68. The van der Waals surface area contributed by atoms with E-state index in [-0.39, 0.29) is 0 Å². The van der Waals surface area contributed by atoms with Crippen LogP contribution < -0.4 is 5.06 Å². The molecule has 0 saturated heterocycles. The third kappa shape index (κ3) is 2.13. The van der Waals surface area contributed by atoms with Crippen LogP contribution in [0, 0.1) is 5.82 Å². The Morgan fingerprint density at radius 2 is 2.08 bits per heavy atom. The van der Waals surface area contributed by atoms with Gasteiger partial charge in [-0.15, -0.1) is 0 Å². The fourth-order valence-electron chi connectivity index (χ4n) is 0.719. The molecule has 0 amide bonds. The van der Waals surface area contributed by atoms with Crippen molar-refractivity contribution >= 4 is 5.95 Å². The molecule has 1 rings (SSSR count). The zero-order valence-corrected chi connectivity index (χ0v) is 6.99. The summed E-state index contributed by atoms with van der Waals surface area (Å²) < 4.78 is 12.4. The van der Waals surface area contributed by atoms with Crippen molar-refractivity contribution in [2.24, 2.45) is 0 Å². The molecule has 5 heteroatoms. The monoisotopic (exact) mass is 171 g/mol. The molecule has 66 valence electrons. The molecule has 0 aliphatic carbocycles. The van der Waals surface area contributed by atoms with Crippen LogP contribution in [0.15, 0.2) is 12.4 Å². The van der Waals surface area contributed by atoms with Gasteiger partial charge in [-0.3, -0.25) is 4.84 Å². The lowest BCUT2D eigenvalue weighted by molar-refractivity contribution is 0.131. The first-order valence-corrected chi connectivity index (χ1v) is 3.58. The number of hydroxylamine groups is 1. The Kier molecular flexibility index (Phi) is 2.93. The first-order valence-electron chi connectivity index (χ1n) is 3.58. The van der Waals surface area contributed by atoms with Crippen LogP contribution in [-0.2, 0) is 4.84 Å². The highest BCUT2D eigenvalue weighted by atomic mass is 19.1. The minimum atomic E-state index is -0.455. The first-order chi connectivity index (χ1) is 5.74. The second-order valence-electron chi connectivity index (χ2n) is 2.12. The van der Waals surface area contributed by atoms with Crippen molar-refractivity contribution in [1.29, 1.82) is 0 Å². The van der Waals surface area contributed by atoms with Gasteiger partial charge in [-0.2, -0.15) is 0 Å². The van der Waals surface area contributed by atoms with E-state index in [2.05, 4.69) is 9.97 Å². The zero-order valence-electron chi connectivity index (χ0n) is 6.99. The Morgan fingerprint density at radius 1 is 1.50 bits per heavy atom. The van der Waals surface area contributed by atoms with Crippen molar-refractivity contribution in [2.75, 3.05) is 18.7 Å². The van der Waals surface area contributed by atoms with Crippen molar-refractivity contribution in [2.45, 2.75) is 6.92 Å². The van der Waals surface area contributed by atoms with Crippen molar-refractivity contribution in [3.05, 3.63) is 18.2 Å². The van der Waals surface area contributed by atoms with Crippen LogP contribution in [0.3, 0.4) is 0 Å². The molecule has 0 atom stereocenters. The lowest BCUT2D eigenvalue weighted by atomic mass is 10.6. The number of nitrogens with zero attached hydrogens (tertiary/aromatic N) is 3. The van der Waals surface area contributed by atoms with Gasteiger partial charge in [-0.25, -0.2) is 19.4 Å². The number of aromatic nitrogens is 2. The summed E-state index contributed by atoms with van der Waals surface area (Å²) in [5.41, 5.74) is 0. The molecule has 1 heterocycles. The fourth-order valence-corrected chi connectivity index (χ4v) is 0.719. The van der Waals surface area contributed by atoms with Gasteiger partial charge in [0.25, 0.3) is 0 Å². The van der Waals surface area contributed by atoms with Gasteiger partial charge < -0.3 is 0 Å². The van der Waals surface area contributed by atoms with Crippen molar-refractivity contribution in [1.82, 2.24) is 9.97 Å². The second kappa shape index (κ2) is 3.96. The van der Waals surface area contributed by atoms with Gasteiger partial charge in [0.2, 0.25) is 5.95 Å². The molecule has 0 unspecified atom stereocenters. The molecule has 0 fully saturated rings. The van der Waals surface area contributed by atoms with E-state index in [1.807, 2.05) is 6.92 Å². The molecule has 12 heavy (non-hydrogen) atoms. The molecule has 0 aliphatic rings. The Labute approximate surface area is 70.0 Å². The van der Waals surface area contributed by atoms with Gasteiger partial charge in [0, 0.05) is 7.05 Å². The van der Waals surface area contributed by atoms with Crippen molar-refractivity contribution < 1.29 is 9.23 Å². The predicted molar refractivity (Wildman–Crippen MR) is 42.0 cm³/mol. The molecular formula is C7H10FN3O. The van der Waals surface area contributed by atoms with Crippen LogP contribution in [0.2, 0.25) is 0 Å². The standard InChI is InChI=1S/C7H10FN3O/c1-3-12-11(2)7-9-4-6(8)5-10-7/h4-5H,3H2,1-2H3. The van der Waals surface area contributed by atoms with Crippen LogP contribution in [-0.4, -0.2) is 23.6 Å². The Morgan fingerprint density at radius 3 is 2.58 bits per heavy atom. The van der Waals surface area contributed by atoms with Gasteiger partial charge in [-0.05, 0) is 6.92 Å². The molecule has 1 aromatic rings. The van der Waals surface area contributed by atoms with E-state index in [0.29, 0.717) is 12.6 Å². The topological polar surface area (TPSA) is 38.2 Å². The van der Waals surface area contributed by atoms with E-state index >= 15 is 0 Å². The van der Waals surface area contributed by atoms with E-state index in [0.717, 1.165) is 12.4 Å². The molecule has 0 aliphatic heterocycles. The zero-order chi connectivity index (χ0) is 8.97. The van der Waals surface area contributed by atoms with Crippen LogP contribution >= 0.6 is 0 Å². The number of rotatable bonds is 3. The summed E-state index contributed by atoms with van der Waals surface area (Å²) in [4.78, 5) is 12.5. The van der Waals surface area contributed by atoms with Crippen LogP contribution in [0.4, 0.5) is 10.3 Å². The number of anilines is 1. The molecule has 0 radical (unpaired) electrons. The third-order valence-corrected chi connectivity index (χ3v) is 1.21. The smallest absolute Gasteiger partial charge is 0.249 e. The summed E-state index contributed by atoms with van der Waals surface area (Å²) in [5, 5.41) is 1.39. The van der Waals surface area contributed by atoms with E-state index in [9.17, 15) is 4.39 Å². The lowest BCUT2D eigenvalue weighted by Crippen LogP contribution is -2.19. The number of hydrogen-bond acceptors (Lipinski definition) is 4. The van der Waals surface area contributed by atoms with Gasteiger partial charge in [0.1, 0.15) is 0 Å². The number of halogens is 1. The highest BCUT2D eigenvalue weighted by Gasteiger charge is 2.02. The maximum atomic E-state index is 12.4. The van der Waals surface area contributed by atoms with Gasteiger partial charge in [-0.1, -0.05) is 0 Å². The van der Waals surface area contributed by atoms with Crippen LogP contribution in [0.1, 0.15) is 6.92 Å². The maximum Gasteiger partial charge on any atom is 0.249 e. The third-order valence-electron chi connectivity index (χ3n) is 1.21. The first kappa shape index (κ1) is 8.86. The summed E-state index contributed by atoms with van der Waals surface area (Å²) in [6.45, 7) is 2.37. The quantitative estimate of drug-likeness (QED) is 0.636. The van der Waals surface area contributed by atoms with E-state index in [4.69, 9.17) is 4.84 Å². The summed E-state index contributed by atoms with van der Waals surface area (Å²) in [6, 6.07) is 0. The van der Waals surface area contributed by atoms with E-state index < -0.39 is 5.82 Å². The van der Waals surface area contributed by atoms with E-state index in [1.54, 1.807) is 7.05 Å². The summed E-state index contributed by atoms with van der Waals surface area (Å²) in [5.74, 6) is -0.109. The van der Waals surface area contributed by atoms with Gasteiger partial charge in [0.05, 0.1) is 19.0 Å². The molecular weight excluding hydrogens is 161 g/mol. The van der Waals surface area contributed by atoms with E-state index in [1.165, 1.54) is 5.06 Å². The Bertz CT molecular complexity index is 239. The molecule has 0 bridgehead atoms. The lowest BCUT2D eigenvalue weighted by Gasteiger charge is -2.14. The fraction of sp³-hybridized carbons (Fsp3) is 0.429. The molecule has 0 aromatic carbocycles. The maximum absolute atomic E-state index is 12.4. The van der Waals surface area contributed by atoms with Crippen LogP contribution in [0.25, 0.3) is 0 Å². The molecule has 0 spiro atoms. The second-order valence-corrected chi connectivity index (χ2v) is 2.12. The Hall–Kier alpha value is -1.23. The normalized spacial score (nSPS) is 9.92. The average molecular weight is 171 g/mol. The van der Waals surface area contributed by atoms with Crippen molar-refractivity contribution in [3.8, 4) is 0 Å². The van der Waals surface area contributed by atoms with Gasteiger partial charge >= 0.3 is 0 Å². The van der Waals surface area contributed by atoms with Crippen LogP contribution in [0.5, 0.6) is 0 Å². The minimum absolute atomic E-state index is 0.346. The largest absolute Gasteiger partial charge is 0.271 e. The minimum Gasteiger partial charge on any atom is -0.271 e. The highest BCUT2D eigenvalue weighted by molar-refractivity contribution is 5.21. The average Bonchev–Trinajstić information content (AvgIpc) is 2.06. The molecule has 4 nitrogen and oxygen atoms in total. The van der Waals surface area contributed by atoms with Crippen molar-refractivity contribution in [3.63, 3.8) is 0 Å². The molecule has 0 N–H and O–H groups in total. The molecule has 1 aromatic heterocycles. The summed E-state index contributed by atoms with van der Waals surface area (Å²) >= 11 is 0. The summed E-state index contributed by atoms with van der Waals surface area (Å²) in [6.07, 6.45) is 2.19. The SMILES string of the molecule is CCON(C)c1ncc(F)cn1.